The number of nitrogens with zero attached hydrogens (tertiary/aromatic N) is 3. The van der Waals surface area contributed by atoms with Crippen LogP contribution in [0.3, 0.4) is 0 Å². The molecule has 2 aromatic carbocycles. The predicted octanol–water partition coefficient (Wildman–Crippen LogP) is 3.89. The van der Waals surface area contributed by atoms with Gasteiger partial charge in [-0.2, -0.15) is 0 Å². The molecule has 0 radical (unpaired) electrons. The second-order valence-corrected chi connectivity index (χ2v) is 6.61. The van der Waals surface area contributed by atoms with Crippen LogP contribution in [0.5, 0.6) is 0 Å². The summed E-state index contributed by atoms with van der Waals surface area (Å²) in [6, 6.07) is 15.7. The van der Waals surface area contributed by atoms with Gasteiger partial charge in [0.25, 0.3) is 5.69 Å². The Kier molecular flexibility index (Phi) is 5.54. The highest BCUT2D eigenvalue weighted by atomic mass is 16.6. The summed E-state index contributed by atoms with van der Waals surface area (Å²) < 4.78 is 0. The molecule has 0 aromatic heterocycles. The lowest BCUT2D eigenvalue weighted by Gasteiger charge is -2.35. The van der Waals surface area contributed by atoms with E-state index in [1.807, 2.05) is 37.3 Å². The van der Waals surface area contributed by atoms with Gasteiger partial charge in [0, 0.05) is 42.3 Å². The fourth-order valence-electron chi connectivity index (χ4n) is 3.47. The smallest absolute Gasteiger partial charge is 0.269 e. The van der Waals surface area contributed by atoms with E-state index in [-0.39, 0.29) is 23.9 Å². The summed E-state index contributed by atoms with van der Waals surface area (Å²) >= 11 is 0. The van der Waals surface area contributed by atoms with E-state index in [4.69, 9.17) is 10.7 Å². The fraction of sp³-hybridized carbons (Fsp3) is 0.238. The molecule has 0 aliphatic carbocycles. The molecule has 3 rings (SSSR count). The number of piperidine rings is 1. The Morgan fingerprint density at radius 3 is 2.57 bits per heavy atom. The summed E-state index contributed by atoms with van der Waals surface area (Å²) in [5.74, 6) is 0.0304. The van der Waals surface area contributed by atoms with Crippen molar-refractivity contribution in [2.75, 3.05) is 6.54 Å². The molecule has 1 atom stereocenters. The molecule has 0 spiro atoms. The topological polar surface area (TPSA) is 102 Å². The van der Waals surface area contributed by atoms with E-state index < -0.39 is 4.92 Å². The van der Waals surface area contributed by atoms with Gasteiger partial charge in [-0.3, -0.25) is 19.8 Å². The van der Waals surface area contributed by atoms with Crippen molar-refractivity contribution in [3.63, 3.8) is 0 Å². The van der Waals surface area contributed by atoms with Crippen molar-refractivity contribution in [3.05, 3.63) is 81.5 Å². The maximum atomic E-state index is 12.8. The predicted molar refractivity (Wildman–Crippen MR) is 108 cm³/mol. The molecule has 2 N–H and O–H groups in total. The molecule has 1 saturated heterocycles. The number of nitro benzene ring substituents is 1. The number of carbonyl (C=O) groups is 1. The van der Waals surface area contributed by atoms with E-state index in [1.54, 1.807) is 24.0 Å². The van der Waals surface area contributed by atoms with Crippen molar-refractivity contribution in [2.24, 2.45) is 10.7 Å². The first kappa shape index (κ1) is 19.3. The number of amidine groups is 1. The van der Waals surface area contributed by atoms with Gasteiger partial charge in [-0.1, -0.05) is 30.3 Å². The van der Waals surface area contributed by atoms with E-state index in [0.29, 0.717) is 29.3 Å². The first-order valence-electron chi connectivity index (χ1n) is 9.07. The Bertz CT molecular complexity index is 963. The van der Waals surface area contributed by atoms with Gasteiger partial charge < -0.3 is 5.73 Å². The van der Waals surface area contributed by atoms with Crippen LogP contribution in [0.4, 0.5) is 11.4 Å². The Morgan fingerprint density at radius 2 is 1.96 bits per heavy atom. The maximum Gasteiger partial charge on any atom is 0.269 e. The first-order chi connectivity index (χ1) is 13.4. The molecular formula is C21H22N4O3. The first-order valence-corrected chi connectivity index (χ1v) is 9.07. The van der Waals surface area contributed by atoms with Crippen LogP contribution in [0.2, 0.25) is 0 Å². The number of rotatable bonds is 4. The summed E-state index contributed by atoms with van der Waals surface area (Å²) in [6.07, 6.45) is 0.187. The van der Waals surface area contributed by atoms with Crippen molar-refractivity contribution in [2.45, 2.75) is 26.2 Å². The van der Waals surface area contributed by atoms with Gasteiger partial charge in [0.05, 0.1) is 10.6 Å². The average Bonchev–Trinajstić information content (AvgIpc) is 2.68. The molecule has 0 bridgehead atoms. The van der Waals surface area contributed by atoms with Crippen LogP contribution in [-0.4, -0.2) is 28.1 Å². The number of nitrogens with two attached hydrogens (primary N) is 1. The number of aliphatic imine (C=N–C) groups is 1. The molecular weight excluding hydrogens is 356 g/mol. The number of allylic oxidation sites excluding steroid dienone is 1. The van der Waals surface area contributed by atoms with Crippen LogP contribution in [-0.2, 0) is 4.79 Å². The Morgan fingerprint density at radius 1 is 1.25 bits per heavy atom. The third-order valence-corrected chi connectivity index (χ3v) is 4.74. The van der Waals surface area contributed by atoms with Gasteiger partial charge in [0.15, 0.2) is 0 Å². The van der Waals surface area contributed by atoms with Crippen molar-refractivity contribution < 1.29 is 9.72 Å². The second kappa shape index (κ2) is 8.04. The highest BCUT2D eigenvalue weighted by Crippen LogP contribution is 2.37. The molecule has 1 aliphatic rings. The van der Waals surface area contributed by atoms with Gasteiger partial charge in [0.1, 0.15) is 5.84 Å². The number of benzene rings is 2. The van der Waals surface area contributed by atoms with E-state index in [1.165, 1.54) is 12.1 Å². The number of hydrogen-bond donors (Lipinski definition) is 1. The van der Waals surface area contributed by atoms with Crippen LogP contribution < -0.4 is 5.73 Å². The number of nitro groups is 1. The minimum atomic E-state index is -0.440. The summed E-state index contributed by atoms with van der Waals surface area (Å²) in [6.45, 7) is 4.11. The Labute approximate surface area is 163 Å². The Hall–Kier alpha value is -3.48. The number of carbonyl (C=O) groups excluding carboxylic acids is 1. The van der Waals surface area contributed by atoms with Crippen molar-refractivity contribution in [1.29, 1.82) is 0 Å². The van der Waals surface area contributed by atoms with Crippen LogP contribution in [0, 0.1) is 10.1 Å². The van der Waals surface area contributed by atoms with Gasteiger partial charge in [-0.05, 0) is 31.5 Å². The number of non-ortho nitro benzene ring substituents is 1. The number of likely N-dealkylation sites (tertiary alicyclic amines) is 1. The average molecular weight is 378 g/mol. The zero-order valence-electron chi connectivity index (χ0n) is 15.8. The summed E-state index contributed by atoms with van der Waals surface area (Å²) in [7, 11) is 0. The molecule has 144 valence electrons. The van der Waals surface area contributed by atoms with Crippen LogP contribution in [0.1, 0.15) is 31.7 Å². The highest BCUT2D eigenvalue weighted by Gasteiger charge is 2.37. The van der Waals surface area contributed by atoms with Gasteiger partial charge in [0.2, 0.25) is 5.91 Å². The monoisotopic (exact) mass is 378 g/mol. The Balaban J connectivity index is 2.16. The molecule has 7 nitrogen and oxygen atoms in total. The van der Waals surface area contributed by atoms with Crippen molar-refractivity contribution in [3.8, 4) is 0 Å². The quantitative estimate of drug-likeness (QED) is 0.644. The van der Waals surface area contributed by atoms with Crippen LogP contribution >= 0.6 is 0 Å². The minimum absolute atomic E-state index is 0.0153. The summed E-state index contributed by atoms with van der Waals surface area (Å²) in [5.41, 5.74) is 8.87. The molecule has 1 aliphatic heterocycles. The number of amides is 1. The number of hydrogen-bond acceptors (Lipinski definition) is 5. The van der Waals surface area contributed by atoms with E-state index in [9.17, 15) is 14.9 Å². The standard InChI is InChI=1S/C21H22N4O3/c1-3-24-19(26)13-18(15-8-7-11-17(12-15)25(27)28)20(14(2)22)21(24)23-16-9-5-4-6-10-16/h4-12,18H,3,13,22H2,1-2H3/b20-14-,23-21?. The lowest BCUT2D eigenvalue weighted by Crippen LogP contribution is -2.45. The molecule has 28 heavy (non-hydrogen) atoms. The lowest BCUT2D eigenvalue weighted by atomic mass is 9.82. The highest BCUT2D eigenvalue weighted by molar-refractivity contribution is 6.13. The lowest BCUT2D eigenvalue weighted by molar-refractivity contribution is -0.384. The zero-order chi connectivity index (χ0) is 20.3. The molecule has 0 saturated carbocycles. The maximum absolute atomic E-state index is 12.8. The molecule has 1 unspecified atom stereocenters. The van der Waals surface area contributed by atoms with Crippen LogP contribution in [0.15, 0.2) is 70.9 Å². The van der Waals surface area contributed by atoms with Crippen molar-refractivity contribution in [1.82, 2.24) is 4.90 Å². The second-order valence-electron chi connectivity index (χ2n) is 6.61. The summed E-state index contributed by atoms with van der Waals surface area (Å²) in [5, 5.41) is 11.2. The molecule has 1 fully saturated rings. The normalized spacial score (nSPS) is 20.4. The third-order valence-electron chi connectivity index (χ3n) is 4.74. The fourth-order valence-corrected chi connectivity index (χ4v) is 3.47. The SMILES string of the molecule is CCN1C(=O)CC(c2cccc([N+](=O)[O-])c2)/C(=C(\C)N)C1=Nc1ccccc1. The zero-order valence-corrected chi connectivity index (χ0v) is 15.8. The van der Waals surface area contributed by atoms with Gasteiger partial charge >= 0.3 is 0 Å². The molecule has 1 heterocycles. The van der Waals surface area contributed by atoms with E-state index in [0.717, 1.165) is 5.57 Å². The minimum Gasteiger partial charge on any atom is -0.402 e. The number of para-hydroxylation sites is 1. The van der Waals surface area contributed by atoms with E-state index in [2.05, 4.69) is 0 Å². The van der Waals surface area contributed by atoms with Gasteiger partial charge in [-0.15, -0.1) is 0 Å². The third kappa shape index (κ3) is 3.78. The van der Waals surface area contributed by atoms with Gasteiger partial charge in [-0.25, -0.2) is 4.99 Å². The largest absolute Gasteiger partial charge is 0.402 e. The molecule has 1 amide bonds. The van der Waals surface area contributed by atoms with Crippen LogP contribution in [0.25, 0.3) is 0 Å². The van der Waals surface area contributed by atoms with Crippen molar-refractivity contribution >= 4 is 23.1 Å². The summed E-state index contributed by atoms with van der Waals surface area (Å²) in [4.78, 5) is 29.9. The number of likely N-dealkylation sites (N-methyl/N-ethyl adjacent to an activating group) is 1. The van der Waals surface area contributed by atoms with E-state index >= 15 is 0 Å². The molecule has 2 aromatic rings. The molecule has 7 heteroatoms.